The summed E-state index contributed by atoms with van der Waals surface area (Å²) in [4.78, 5) is 11.2. The molecule has 0 aliphatic heterocycles. The maximum atomic E-state index is 11.2. The Hall–Kier alpha value is -2.20. The normalized spacial score (nSPS) is 11.2. The number of carboxylic acid groups (broad SMARTS) is 1. The van der Waals surface area contributed by atoms with E-state index in [1.165, 1.54) is 11.6 Å². The SMILES string of the molecule is Cc1ccc(OCCOc2ccc(Cl)cc2C(=O)O)c(C(C)(C)C)c1. The molecule has 2 aromatic carbocycles. The number of carboxylic acids is 1. The van der Waals surface area contributed by atoms with Crippen molar-refractivity contribution in [1.29, 1.82) is 0 Å². The molecule has 0 saturated heterocycles. The molecule has 0 heterocycles. The van der Waals surface area contributed by atoms with Crippen LogP contribution in [0.5, 0.6) is 11.5 Å². The van der Waals surface area contributed by atoms with Crippen LogP contribution in [0, 0.1) is 6.92 Å². The highest BCUT2D eigenvalue weighted by Gasteiger charge is 2.19. The number of aromatic carboxylic acids is 1. The predicted molar refractivity (Wildman–Crippen MR) is 99.3 cm³/mol. The number of benzene rings is 2. The Bertz CT molecular complexity index is 763. The van der Waals surface area contributed by atoms with Gasteiger partial charge >= 0.3 is 5.97 Å². The van der Waals surface area contributed by atoms with Gasteiger partial charge in [-0.15, -0.1) is 0 Å². The van der Waals surface area contributed by atoms with Crippen LogP contribution in [-0.2, 0) is 5.41 Å². The number of ether oxygens (including phenoxy) is 2. The molecule has 0 aromatic heterocycles. The van der Waals surface area contributed by atoms with Crippen molar-refractivity contribution in [2.75, 3.05) is 13.2 Å². The van der Waals surface area contributed by atoms with Crippen LogP contribution >= 0.6 is 11.6 Å². The second-order valence-corrected chi connectivity index (χ2v) is 7.33. The third-order valence-corrected chi connectivity index (χ3v) is 3.95. The van der Waals surface area contributed by atoms with Gasteiger partial charge in [-0.1, -0.05) is 50.1 Å². The molecule has 0 amide bonds. The Morgan fingerprint density at radius 3 is 2.24 bits per heavy atom. The monoisotopic (exact) mass is 362 g/mol. The van der Waals surface area contributed by atoms with Crippen molar-refractivity contribution in [3.8, 4) is 11.5 Å². The largest absolute Gasteiger partial charge is 0.490 e. The lowest BCUT2D eigenvalue weighted by molar-refractivity contribution is 0.0691. The molecule has 2 rings (SSSR count). The average molecular weight is 363 g/mol. The lowest BCUT2D eigenvalue weighted by Gasteiger charge is -2.23. The first-order valence-corrected chi connectivity index (χ1v) is 8.46. The van der Waals surface area contributed by atoms with E-state index in [1.807, 2.05) is 12.1 Å². The van der Waals surface area contributed by atoms with E-state index in [9.17, 15) is 9.90 Å². The molecule has 25 heavy (non-hydrogen) atoms. The predicted octanol–water partition coefficient (Wildman–Crippen LogP) is 5.10. The van der Waals surface area contributed by atoms with E-state index in [-0.39, 0.29) is 23.3 Å². The van der Waals surface area contributed by atoms with E-state index in [4.69, 9.17) is 21.1 Å². The first-order valence-electron chi connectivity index (χ1n) is 8.08. The van der Waals surface area contributed by atoms with Gasteiger partial charge < -0.3 is 14.6 Å². The summed E-state index contributed by atoms with van der Waals surface area (Å²) in [7, 11) is 0. The number of hydrogen-bond donors (Lipinski definition) is 1. The molecule has 5 heteroatoms. The Kier molecular flexibility index (Phi) is 5.96. The van der Waals surface area contributed by atoms with Crippen LogP contribution in [0.15, 0.2) is 36.4 Å². The Morgan fingerprint density at radius 1 is 1.04 bits per heavy atom. The number of carbonyl (C=O) groups is 1. The van der Waals surface area contributed by atoms with Gasteiger partial charge in [0, 0.05) is 5.02 Å². The summed E-state index contributed by atoms with van der Waals surface area (Å²) in [6.07, 6.45) is 0. The number of aryl methyl sites for hydroxylation is 1. The average Bonchev–Trinajstić information content (AvgIpc) is 2.52. The topological polar surface area (TPSA) is 55.8 Å². The van der Waals surface area contributed by atoms with Gasteiger partial charge in [-0.05, 0) is 42.2 Å². The quantitative estimate of drug-likeness (QED) is 0.726. The number of halogens is 1. The summed E-state index contributed by atoms with van der Waals surface area (Å²) >= 11 is 5.83. The molecule has 2 aromatic rings. The van der Waals surface area contributed by atoms with Gasteiger partial charge in [-0.2, -0.15) is 0 Å². The maximum Gasteiger partial charge on any atom is 0.339 e. The van der Waals surface area contributed by atoms with E-state index in [0.29, 0.717) is 11.6 Å². The minimum Gasteiger partial charge on any atom is -0.490 e. The van der Waals surface area contributed by atoms with Gasteiger partial charge in [0.15, 0.2) is 0 Å². The third-order valence-electron chi connectivity index (χ3n) is 3.71. The molecule has 0 bridgehead atoms. The zero-order valence-corrected chi connectivity index (χ0v) is 15.7. The molecule has 0 atom stereocenters. The summed E-state index contributed by atoms with van der Waals surface area (Å²) in [6, 6.07) is 10.6. The summed E-state index contributed by atoms with van der Waals surface area (Å²) in [5.74, 6) is 0.0173. The molecule has 134 valence electrons. The molecular formula is C20H23ClO4. The third kappa shape index (κ3) is 5.13. The molecule has 0 unspecified atom stereocenters. The second kappa shape index (κ2) is 7.79. The molecule has 1 N–H and O–H groups in total. The van der Waals surface area contributed by atoms with Crippen LogP contribution in [0.2, 0.25) is 5.02 Å². The zero-order chi connectivity index (χ0) is 18.6. The lowest BCUT2D eigenvalue weighted by atomic mass is 9.85. The molecule has 0 fully saturated rings. The van der Waals surface area contributed by atoms with Crippen molar-refractivity contribution < 1.29 is 19.4 Å². The summed E-state index contributed by atoms with van der Waals surface area (Å²) < 4.78 is 11.4. The molecule has 0 aliphatic carbocycles. The van der Waals surface area contributed by atoms with Gasteiger partial charge in [0.05, 0.1) is 0 Å². The molecular weight excluding hydrogens is 340 g/mol. The summed E-state index contributed by atoms with van der Waals surface area (Å²) in [5.41, 5.74) is 2.32. The van der Waals surface area contributed by atoms with Crippen LogP contribution in [0.1, 0.15) is 42.3 Å². The van der Waals surface area contributed by atoms with Crippen LogP contribution in [0.4, 0.5) is 0 Å². The first-order chi connectivity index (χ1) is 11.7. The van der Waals surface area contributed by atoms with E-state index in [2.05, 4.69) is 33.8 Å². The smallest absolute Gasteiger partial charge is 0.339 e. The summed E-state index contributed by atoms with van der Waals surface area (Å²) in [6.45, 7) is 9.01. The fraction of sp³-hybridized carbons (Fsp3) is 0.350. The molecule has 0 radical (unpaired) electrons. The van der Waals surface area contributed by atoms with Gasteiger partial charge in [-0.3, -0.25) is 0 Å². The first kappa shape index (κ1) is 19.1. The zero-order valence-electron chi connectivity index (χ0n) is 14.9. The van der Waals surface area contributed by atoms with E-state index >= 15 is 0 Å². The van der Waals surface area contributed by atoms with Crippen LogP contribution in [0.25, 0.3) is 0 Å². The van der Waals surface area contributed by atoms with E-state index in [0.717, 1.165) is 11.3 Å². The van der Waals surface area contributed by atoms with Crippen molar-refractivity contribution in [2.45, 2.75) is 33.1 Å². The van der Waals surface area contributed by atoms with E-state index < -0.39 is 5.97 Å². The molecule has 4 nitrogen and oxygen atoms in total. The number of hydrogen-bond acceptors (Lipinski definition) is 3. The minimum atomic E-state index is -1.08. The summed E-state index contributed by atoms with van der Waals surface area (Å²) in [5, 5.41) is 9.56. The Balaban J connectivity index is 2.02. The van der Waals surface area contributed by atoms with Crippen molar-refractivity contribution in [1.82, 2.24) is 0 Å². The van der Waals surface area contributed by atoms with Gasteiger partial charge in [-0.25, -0.2) is 4.79 Å². The second-order valence-electron chi connectivity index (χ2n) is 6.89. The Morgan fingerprint density at radius 2 is 1.64 bits per heavy atom. The molecule has 0 spiro atoms. The van der Waals surface area contributed by atoms with Crippen molar-refractivity contribution in [3.63, 3.8) is 0 Å². The molecule has 0 saturated carbocycles. The highest BCUT2D eigenvalue weighted by Crippen LogP contribution is 2.32. The fourth-order valence-electron chi connectivity index (χ4n) is 2.45. The van der Waals surface area contributed by atoms with Gasteiger partial charge in [0.2, 0.25) is 0 Å². The highest BCUT2D eigenvalue weighted by molar-refractivity contribution is 6.31. The van der Waals surface area contributed by atoms with Crippen LogP contribution in [-0.4, -0.2) is 24.3 Å². The standard InChI is InChI=1S/C20H23ClO4/c1-13-5-7-18(16(11-13)20(2,3)4)25-10-9-24-17-8-6-14(21)12-15(17)19(22)23/h5-8,11-12H,9-10H2,1-4H3,(H,22,23). The minimum absolute atomic E-state index is 0.0329. The van der Waals surface area contributed by atoms with Crippen LogP contribution < -0.4 is 9.47 Å². The van der Waals surface area contributed by atoms with Crippen molar-refractivity contribution in [2.24, 2.45) is 0 Å². The number of rotatable bonds is 6. The van der Waals surface area contributed by atoms with Crippen LogP contribution in [0.3, 0.4) is 0 Å². The lowest BCUT2D eigenvalue weighted by Crippen LogP contribution is -2.16. The molecule has 0 aliphatic rings. The van der Waals surface area contributed by atoms with Gasteiger partial charge in [0.25, 0.3) is 0 Å². The van der Waals surface area contributed by atoms with Crippen molar-refractivity contribution in [3.05, 3.63) is 58.1 Å². The highest BCUT2D eigenvalue weighted by atomic mass is 35.5. The fourth-order valence-corrected chi connectivity index (χ4v) is 2.63. The maximum absolute atomic E-state index is 11.2. The van der Waals surface area contributed by atoms with Gasteiger partial charge in [0.1, 0.15) is 30.3 Å². The van der Waals surface area contributed by atoms with E-state index in [1.54, 1.807) is 12.1 Å². The van der Waals surface area contributed by atoms with Crippen molar-refractivity contribution >= 4 is 17.6 Å². The Labute approximate surface area is 153 Å².